The molecule has 3 unspecified atom stereocenters. The molecule has 2 aliphatic rings. The lowest BCUT2D eigenvalue weighted by atomic mass is 9.93. The molecule has 2 saturated heterocycles. The van der Waals surface area contributed by atoms with Crippen molar-refractivity contribution in [2.75, 3.05) is 26.7 Å². The summed E-state index contributed by atoms with van der Waals surface area (Å²) in [5.41, 5.74) is 2.76. The van der Waals surface area contributed by atoms with Crippen LogP contribution in [0.25, 0.3) is 0 Å². The fourth-order valence-electron chi connectivity index (χ4n) is 4.08. The molecule has 1 aromatic carbocycles. The quantitative estimate of drug-likeness (QED) is 0.891. The molecule has 20 heavy (non-hydrogen) atoms. The van der Waals surface area contributed by atoms with Gasteiger partial charge in [0.15, 0.2) is 0 Å². The molecule has 3 atom stereocenters. The maximum Gasteiger partial charge on any atom is 0.0716 e. The molecule has 0 bridgehead atoms. The lowest BCUT2D eigenvalue weighted by molar-refractivity contribution is 0.179. The standard InChI is InChI=1S/C17H26N2O/c1-3-17-16-9-18-8-15(16)11-19(17)10-13-6-4-5-7-14(13)12-20-2/h4-7,15-18H,3,8-12H2,1-2H3. The topological polar surface area (TPSA) is 24.5 Å². The van der Waals surface area contributed by atoms with Crippen molar-refractivity contribution in [1.29, 1.82) is 0 Å². The van der Waals surface area contributed by atoms with Gasteiger partial charge in [-0.25, -0.2) is 0 Å². The third kappa shape index (κ3) is 2.62. The van der Waals surface area contributed by atoms with E-state index < -0.39 is 0 Å². The number of rotatable bonds is 5. The zero-order valence-corrected chi connectivity index (χ0v) is 12.6. The summed E-state index contributed by atoms with van der Waals surface area (Å²) in [5.74, 6) is 1.71. The van der Waals surface area contributed by atoms with Crippen LogP contribution in [0.4, 0.5) is 0 Å². The first-order chi connectivity index (χ1) is 9.83. The number of hydrogen-bond acceptors (Lipinski definition) is 3. The second-order valence-corrected chi connectivity index (χ2v) is 6.19. The number of ether oxygens (including phenoxy) is 1. The average Bonchev–Trinajstić information content (AvgIpc) is 3.01. The van der Waals surface area contributed by atoms with Crippen LogP contribution in [0, 0.1) is 11.8 Å². The van der Waals surface area contributed by atoms with Crippen LogP contribution in [-0.2, 0) is 17.9 Å². The van der Waals surface area contributed by atoms with Gasteiger partial charge in [0.2, 0.25) is 0 Å². The van der Waals surface area contributed by atoms with Crippen LogP contribution in [0.5, 0.6) is 0 Å². The first kappa shape index (κ1) is 14.1. The second-order valence-electron chi connectivity index (χ2n) is 6.19. The van der Waals surface area contributed by atoms with E-state index in [0.717, 1.165) is 31.0 Å². The summed E-state index contributed by atoms with van der Waals surface area (Å²) >= 11 is 0. The van der Waals surface area contributed by atoms with E-state index in [4.69, 9.17) is 4.74 Å². The molecule has 0 spiro atoms. The minimum absolute atomic E-state index is 0.717. The van der Waals surface area contributed by atoms with E-state index in [2.05, 4.69) is 41.4 Å². The molecule has 0 aliphatic carbocycles. The molecule has 0 aromatic heterocycles. The highest BCUT2D eigenvalue weighted by Gasteiger charge is 2.42. The molecule has 0 saturated carbocycles. The molecular weight excluding hydrogens is 248 g/mol. The van der Waals surface area contributed by atoms with E-state index in [9.17, 15) is 0 Å². The zero-order valence-electron chi connectivity index (χ0n) is 12.6. The maximum absolute atomic E-state index is 5.33. The van der Waals surface area contributed by atoms with Crippen LogP contribution >= 0.6 is 0 Å². The maximum atomic E-state index is 5.33. The smallest absolute Gasteiger partial charge is 0.0716 e. The number of fused-ring (bicyclic) bond motifs is 1. The molecule has 3 rings (SSSR count). The Hall–Kier alpha value is -0.900. The van der Waals surface area contributed by atoms with Crippen molar-refractivity contribution in [2.24, 2.45) is 11.8 Å². The minimum Gasteiger partial charge on any atom is -0.380 e. The highest BCUT2D eigenvalue weighted by molar-refractivity contribution is 5.26. The Kier molecular flexibility index (Phi) is 4.39. The molecule has 3 nitrogen and oxygen atoms in total. The van der Waals surface area contributed by atoms with Gasteiger partial charge < -0.3 is 10.1 Å². The number of benzene rings is 1. The van der Waals surface area contributed by atoms with E-state index in [1.807, 2.05) is 0 Å². The minimum atomic E-state index is 0.717. The van der Waals surface area contributed by atoms with Gasteiger partial charge in [0, 0.05) is 26.2 Å². The third-order valence-electron chi connectivity index (χ3n) is 5.03. The Labute approximate surface area is 122 Å². The Balaban J connectivity index is 1.74. The van der Waals surface area contributed by atoms with Gasteiger partial charge in [-0.3, -0.25) is 4.90 Å². The van der Waals surface area contributed by atoms with Crippen molar-refractivity contribution < 1.29 is 4.74 Å². The summed E-state index contributed by atoms with van der Waals surface area (Å²) in [6.45, 7) is 7.79. The van der Waals surface area contributed by atoms with Crippen LogP contribution in [0.15, 0.2) is 24.3 Å². The zero-order chi connectivity index (χ0) is 13.9. The van der Waals surface area contributed by atoms with Crippen molar-refractivity contribution in [3.05, 3.63) is 35.4 Å². The highest BCUT2D eigenvalue weighted by atomic mass is 16.5. The van der Waals surface area contributed by atoms with Crippen LogP contribution in [0.3, 0.4) is 0 Å². The Morgan fingerprint density at radius 3 is 2.80 bits per heavy atom. The molecule has 1 N–H and O–H groups in total. The van der Waals surface area contributed by atoms with Gasteiger partial charge >= 0.3 is 0 Å². The third-order valence-corrected chi connectivity index (χ3v) is 5.03. The summed E-state index contributed by atoms with van der Waals surface area (Å²) in [7, 11) is 1.78. The Morgan fingerprint density at radius 1 is 1.25 bits per heavy atom. The number of hydrogen-bond donors (Lipinski definition) is 1. The highest BCUT2D eigenvalue weighted by Crippen LogP contribution is 2.35. The average molecular weight is 274 g/mol. The SMILES string of the molecule is CCC1C2CNCC2CN1Cc1ccccc1COC. The monoisotopic (exact) mass is 274 g/mol. The van der Waals surface area contributed by atoms with Crippen LogP contribution < -0.4 is 5.32 Å². The first-order valence-corrected chi connectivity index (χ1v) is 7.84. The van der Waals surface area contributed by atoms with Gasteiger partial charge in [-0.2, -0.15) is 0 Å². The summed E-state index contributed by atoms with van der Waals surface area (Å²) < 4.78 is 5.33. The predicted molar refractivity (Wildman–Crippen MR) is 81.5 cm³/mol. The molecule has 0 amide bonds. The van der Waals surface area contributed by atoms with Gasteiger partial charge in [0.25, 0.3) is 0 Å². The van der Waals surface area contributed by atoms with Crippen LogP contribution in [-0.4, -0.2) is 37.7 Å². The fraction of sp³-hybridized carbons (Fsp3) is 0.647. The van der Waals surface area contributed by atoms with Crippen LogP contribution in [0.1, 0.15) is 24.5 Å². The number of methoxy groups -OCH3 is 1. The van der Waals surface area contributed by atoms with Crippen molar-refractivity contribution in [3.8, 4) is 0 Å². The number of likely N-dealkylation sites (tertiary alicyclic amines) is 1. The van der Waals surface area contributed by atoms with Crippen LogP contribution in [0.2, 0.25) is 0 Å². The largest absolute Gasteiger partial charge is 0.380 e. The molecular formula is C17H26N2O. The fourth-order valence-corrected chi connectivity index (χ4v) is 4.08. The molecule has 110 valence electrons. The van der Waals surface area contributed by atoms with Gasteiger partial charge in [0.1, 0.15) is 0 Å². The number of nitrogens with one attached hydrogen (secondary N) is 1. The summed E-state index contributed by atoms with van der Waals surface area (Å²) in [5, 5.41) is 3.56. The van der Waals surface area contributed by atoms with E-state index >= 15 is 0 Å². The van der Waals surface area contributed by atoms with E-state index in [-0.39, 0.29) is 0 Å². The summed E-state index contributed by atoms with van der Waals surface area (Å²) in [6.07, 6.45) is 1.26. The lowest BCUT2D eigenvalue weighted by Crippen LogP contribution is -2.34. The normalized spacial score (nSPS) is 29.8. The number of nitrogens with zero attached hydrogens (tertiary/aromatic N) is 1. The van der Waals surface area contributed by atoms with Crippen molar-refractivity contribution in [1.82, 2.24) is 10.2 Å². The van der Waals surface area contributed by atoms with E-state index in [0.29, 0.717) is 0 Å². The Bertz CT molecular complexity index is 448. The van der Waals surface area contributed by atoms with Crippen molar-refractivity contribution in [3.63, 3.8) is 0 Å². The molecule has 0 radical (unpaired) electrons. The van der Waals surface area contributed by atoms with Gasteiger partial charge in [-0.1, -0.05) is 31.2 Å². The molecule has 3 heteroatoms. The van der Waals surface area contributed by atoms with Crippen molar-refractivity contribution in [2.45, 2.75) is 32.5 Å². The first-order valence-electron chi connectivity index (χ1n) is 7.84. The predicted octanol–water partition coefficient (Wildman–Crippen LogP) is 2.26. The lowest BCUT2D eigenvalue weighted by Gasteiger charge is -2.27. The molecule has 2 fully saturated rings. The molecule has 1 aromatic rings. The summed E-state index contributed by atoms with van der Waals surface area (Å²) in [4.78, 5) is 2.70. The summed E-state index contributed by atoms with van der Waals surface area (Å²) in [6, 6.07) is 9.45. The van der Waals surface area contributed by atoms with Gasteiger partial charge in [-0.15, -0.1) is 0 Å². The van der Waals surface area contributed by atoms with Gasteiger partial charge in [0.05, 0.1) is 6.61 Å². The van der Waals surface area contributed by atoms with E-state index in [1.54, 1.807) is 7.11 Å². The Morgan fingerprint density at radius 2 is 2.05 bits per heavy atom. The molecule has 2 aliphatic heterocycles. The molecule has 2 heterocycles. The second kappa shape index (κ2) is 6.25. The van der Waals surface area contributed by atoms with E-state index in [1.165, 1.54) is 37.2 Å². The van der Waals surface area contributed by atoms with Crippen molar-refractivity contribution >= 4 is 0 Å². The van der Waals surface area contributed by atoms with Gasteiger partial charge in [-0.05, 0) is 42.5 Å².